The Morgan fingerprint density at radius 2 is 1.78 bits per heavy atom. The number of nitrogens with zero attached hydrogens (tertiary/aromatic N) is 8. The zero-order valence-corrected chi connectivity index (χ0v) is 19.2. The van der Waals surface area contributed by atoms with Gasteiger partial charge in [-0.05, 0) is 12.1 Å². The molecule has 2 N–H and O–H groups in total. The summed E-state index contributed by atoms with van der Waals surface area (Å²) in [6.45, 7) is 0.953. The maximum atomic E-state index is 10.5. The quantitative estimate of drug-likeness (QED) is 0.341. The van der Waals surface area contributed by atoms with Gasteiger partial charge in [0.05, 0.1) is 35.9 Å². The van der Waals surface area contributed by atoms with E-state index in [1.165, 1.54) is 6.33 Å². The van der Waals surface area contributed by atoms with Gasteiger partial charge in [-0.1, -0.05) is 53.7 Å². The lowest BCUT2D eigenvalue weighted by Crippen LogP contribution is -2.06. The molecule has 10 nitrogen and oxygen atoms in total. The third-order valence-electron chi connectivity index (χ3n) is 6.06. The first-order valence-electron chi connectivity index (χ1n) is 11.4. The molecule has 0 aliphatic carbocycles. The highest BCUT2D eigenvalue weighted by Crippen LogP contribution is 2.32. The molecule has 36 heavy (non-hydrogen) atoms. The van der Waals surface area contributed by atoms with Gasteiger partial charge >= 0.3 is 0 Å². The molecule has 0 aliphatic heterocycles. The van der Waals surface area contributed by atoms with Crippen molar-refractivity contribution in [3.63, 3.8) is 0 Å². The molecule has 0 fully saturated rings. The van der Waals surface area contributed by atoms with E-state index in [2.05, 4.69) is 44.5 Å². The van der Waals surface area contributed by atoms with E-state index in [1.807, 2.05) is 47.3 Å². The molecular formula is C26H21N9O. The molecule has 0 amide bonds. The van der Waals surface area contributed by atoms with Gasteiger partial charge in [-0.25, -0.2) is 19.6 Å². The standard InChI is InChI=1S/C26H21N9O/c27-25-22-24(20-13-30-34(14-20)11-10-31-36)33-35(26(22)29-16-28-25)15-19-12-18-8-4-5-9-21(18)32-23(19)17-6-2-1-3-7-17/h1-9,12-14,16H,10-11,15H2,(H2,27,28,29). The summed E-state index contributed by atoms with van der Waals surface area (Å²) in [7, 11) is 0. The molecule has 2 aromatic carbocycles. The average Bonchev–Trinajstić information content (AvgIpc) is 3.53. The van der Waals surface area contributed by atoms with Gasteiger partial charge in [0.25, 0.3) is 0 Å². The Balaban J connectivity index is 1.50. The molecule has 6 rings (SSSR count). The molecule has 6 aromatic rings. The van der Waals surface area contributed by atoms with Gasteiger partial charge in [0.15, 0.2) is 5.65 Å². The Labute approximate surface area is 205 Å². The smallest absolute Gasteiger partial charge is 0.164 e. The Kier molecular flexibility index (Phi) is 5.38. The topological polar surface area (TPSA) is 130 Å². The van der Waals surface area contributed by atoms with Crippen molar-refractivity contribution in [2.24, 2.45) is 5.18 Å². The number of rotatable bonds is 7. The van der Waals surface area contributed by atoms with Gasteiger partial charge in [0.1, 0.15) is 24.4 Å². The van der Waals surface area contributed by atoms with Crippen LogP contribution in [0.4, 0.5) is 5.82 Å². The number of nitrogen functional groups attached to an aromatic ring is 1. The Bertz CT molecular complexity index is 1710. The summed E-state index contributed by atoms with van der Waals surface area (Å²) in [5, 5.41) is 13.8. The van der Waals surface area contributed by atoms with Crippen LogP contribution in [-0.2, 0) is 13.1 Å². The van der Waals surface area contributed by atoms with E-state index in [4.69, 9.17) is 15.8 Å². The van der Waals surface area contributed by atoms with Crippen LogP contribution in [0.15, 0.2) is 84.6 Å². The fraction of sp³-hybridized carbons (Fsp3) is 0.115. The first kappa shape index (κ1) is 21.5. The Morgan fingerprint density at radius 3 is 2.64 bits per heavy atom. The molecule has 0 spiro atoms. The summed E-state index contributed by atoms with van der Waals surface area (Å²) in [5.41, 5.74) is 12.1. The molecule has 0 saturated carbocycles. The molecule has 176 valence electrons. The van der Waals surface area contributed by atoms with Crippen molar-refractivity contribution in [2.75, 3.05) is 12.3 Å². The van der Waals surface area contributed by atoms with E-state index in [0.717, 1.165) is 33.3 Å². The highest BCUT2D eigenvalue weighted by atomic mass is 16.3. The van der Waals surface area contributed by atoms with Crippen molar-refractivity contribution in [1.82, 2.24) is 34.5 Å². The SMILES string of the molecule is Nc1ncnc2c1c(-c1cnn(CCN=O)c1)nn2Cc1cc2ccccc2nc1-c1ccccc1. The predicted octanol–water partition coefficient (Wildman–Crippen LogP) is 4.30. The van der Waals surface area contributed by atoms with Gasteiger partial charge in [-0.15, -0.1) is 0 Å². The minimum atomic E-state index is 0.138. The number of benzene rings is 2. The van der Waals surface area contributed by atoms with E-state index in [0.29, 0.717) is 35.6 Å². The summed E-state index contributed by atoms with van der Waals surface area (Å²) in [6.07, 6.45) is 4.95. The van der Waals surface area contributed by atoms with E-state index in [9.17, 15) is 4.91 Å². The molecule has 0 saturated heterocycles. The third kappa shape index (κ3) is 3.84. The van der Waals surface area contributed by atoms with Gasteiger partial charge < -0.3 is 5.73 Å². The Hall–Kier alpha value is -4.99. The van der Waals surface area contributed by atoms with Gasteiger partial charge in [0, 0.05) is 28.3 Å². The van der Waals surface area contributed by atoms with Crippen molar-refractivity contribution in [3.8, 4) is 22.5 Å². The average molecular weight is 476 g/mol. The van der Waals surface area contributed by atoms with Crippen molar-refractivity contribution >= 4 is 27.8 Å². The van der Waals surface area contributed by atoms with Crippen LogP contribution in [0.2, 0.25) is 0 Å². The number of fused-ring (bicyclic) bond motifs is 2. The van der Waals surface area contributed by atoms with Crippen molar-refractivity contribution < 1.29 is 0 Å². The van der Waals surface area contributed by atoms with Gasteiger partial charge in [-0.3, -0.25) is 4.68 Å². The molecule has 0 unspecified atom stereocenters. The number of hydrogen-bond donors (Lipinski definition) is 1. The van der Waals surface area contributed by atoms with Gasteiger partial charge in [-0.2, -0.15) is 15.1 Å². The number of nitroso groups, excluding NO2 is 1. The fourth-order valence-electron chi connectivity index (χ4n) is 4.38. The molecule has 4 aromatic heterocycles. The van der Waals surface area contributed by atoms with E-state index >= 15 is 0 Å². The van der Waals surface area contributed by atoms with Crippen molar-refractivity contribution in [3.05, 3.63) is 89.9 Å². The lowest BCUT2D eigenvalue weighted by atomic mass is 10.0. The second-order valence-corrected chi connectivity index (χ2v) is 8.36. The number of hydrogen-bond acceptors (Lipinski definition) is 8. The lowest BCUT2D eigenvalue weighted by Gasteiger charge is -2.12. The molecule has 10 heteroatoms. The first-order chi connectivity index (χ1) is 17.7. The van der Waals surface area contributed by atoms with Crippen molar-refractivity contribution in [1.29, 1.82) is 0 Å². The highest BCUT2D eigenvalue weighted by Gasteiger charge is 2.20. The summed E-state index contributed by atoms with van der Waals surface area (Å²) in [5.74, 6) is 0.337. The maximum absolute atomic E-state index is 10.5. The second kappa shape index (κ2) is 8.99. The van der Waals surface area contributed by atoms with Crippen molar-refractivity contribution in [2.45, 2.75) is 13.1 Å². The lowest BCUT2D eigenvalue weighted by molar-refractivity contribution is 0.624. The van der Waals surface area contributed by atoms with Crippen LogP contribution in [0, 0.1) is 4.91 Å². The van der Waals surface area contributed by atoms with E-state index in [-0.39, 0.29) is 6.54 Å². The zero-order valence-electron chi connectivity index (χ0n) is 19.2. The summed E-state index contributed by atoms with van der Waals surface area (Å²) in [6, 6.07) is 20.3. The number of anilines is 1. The molecule has 0 aliphatic rings. The number of para-hydroxylation sites is 1. The van der Waals surface area contributed by atoms with Crippen LogP contribution < -0.4 is 5.73 Å². The molecule has 0 bridgehead atoms. The number of aromatic nitrogens is 7. The summed E-state index contributed by atoms with van der Waals surface area (Å²) >= 11 is 0. The van der Waals surface area contributed by atoms with Crippen LogP contribution in [0.1, 0.15) is 5.56 Å². The number of nitrogens with two attached hydrogens (primary N) is 1. The van der Waals surface area contributed by atoms with Crippen LogP contribution in [0.25, 0.3) is 44.5 Å². The largest absolute Gasteiger partial charge is 0.383 e. The maximum Gasteiger partial charge on any atom is 0.164 e. The normalized spacial score (nSPS) is 11.3. The van der Waals surface area contributed by atoms with Crippen LogP contribution in [0.3, 0.4) is 0 Å². The second-order valence-electron chi connectivity index (χ2n) is 8.36. The fourth-order valence-corrected chi connectivity index (χ4v) is 4.38. The minimum absolute atomic E-state index is 0.138. The van der Waals surface area contributed by atoms with Crippen LogP contribution in [-0.4, -0.2) is 41.1 Å². The monoisotopic (exact) mass is 475 g/mol. The molecular weight excluding hydrogens is 454 g/mol. The van der Waals surface area contributed by atoms with E-state index < -0.39 is 0 Å². The molecule has 4 heterocycles. The highest BCUT2D eigenvalue weighted by molar-refractivity contribution is 5.98. The summed E-state index contributed by atoms with van der Waals surface area (Å²) < 4.78 is 3.48. The Morgan fingerprint density at radius 1 is 0.944 bits per heavy atom. The molecule has 0 atom stereocenters. The van der Waals surface area contributed by atoms with Gasteiger partial charge in [0.2, 0.25) is 0 Å². The summed E-state index contributed by atoms with van der Waals surface area (Å²) in [4.78, 5) is 24.2. The zero-order chi connectivity index (χ0) is 24.5. The minimum Gasteiger partial charge on any atom is -0.383 e. The molecule has 0 radical (unpaired) electrons. The van der Waals surface area contributed by atoms with Crippen LogP contribution >= 0.6 is 0 Å². The number of pyridine rings is 1. The van der Waals surface area contributed by atoms with E-state index in [1.54, 1.807) is 10.9 Å². The van der Waals surface area contributed by atoms with Crippen LogP contribution in [0.5, 0.6) is 0 Å². The first-order valence-corrected chi connectivity index (χ1v) is 11.4. The third-order valence-corrected chi connectivity index (χ3v) is 6.06. The predicted molar refractivity (Wildman–Crippen MR) is 138 cm³/mol.